The molecule has 4 aromatic rings. The summed E-state index contributed by atoms with van der Waals surface area (Å²) in [6.45, 7) is 1.82. The molecule has 0 atom stereocenters. The number of nitrogens with one attached hydrogen (secondary N) is 1. The number of hydrogen-bond acceptors (Lipinski definition) is 3. The van der Waals surface area contributed by atoms with E-state index in [1.165, 1.54) is 0 Å². The topological polar surface area (TPSA) is 77.3 Å². The van der Waals surface area contributed by atoms with Crippen LogP contribution in [0, 0.1) is 6.92 Å². The second-order valence-corrected chi connectivity index (χ2v) is 6.57. The maximum Gasteiger partial charge on any atom is 0.250 e. The zero-order valence-corrected chi connectivity index (χ0v) is 15.9. The third kappa shape index (κ3) is 4.14. The number of amides is 1. The van der Waals surface area contributed by atoms with E-state index in [4.69, 9.17) is 15.2 Å². The molecule has 4 rings (SSSR count). The summed E-state index contributed by atoms with van der Waals surface area (Å²) in [4.78, 5) is 14.8. The number of hydrogen-bond donors (Lipinski definition) is 2. The quantitative estimate of drug-likeness (QED) is 0.449. The highest BCUT2D eigenvalue weighted by molar-refractivity contribution is 5.95. The van der Waals surface area contributed by atoms with Gasteiger partial charge in [0.15, 0.2) is 0 Å². The third-order valence-corrected chi connectivity index (χ3v) is 4.49. The molecule has 0 fully saturated rings. The van der Waals surface area contributed by atoms with Crippen LogP contribution in [0.3, 0.4) is 0 Å². The van der Waals surface area contributed by atoms with E-state index < -0.39 is 5.91 Å². The summed E-state index contributed by atoms with van der Waals surface area (Å²) in [7, 11) is 0. The number of rotatable bonds is 6. The Labute approximate surface area is 168 Å². The summed E-state index contributed by atoms with van der Waals surface area (Å²) >= 11 is 0. The molecule has 5 heteroatoms. The number of primary amides is 1. The van der Waals surface area contributed by atoms with Crippen LogP contribution in [0.15, 0.2) is 84.9 Å². The summed E-state index contributed by atoms with van der Waals surface area (Å²) in [5, 5.41) is 0. The first-order valence-corrected chi connectivity index (χ1v) is 9.20. The van der Waals surface area contributed by atoms with Crippen LogP contribution in [0.4, 0.5) is 0 Å². The first-order valence-electron chi connectivity index (χ1n) is 9.20. The second-order valence-electron chi connectivity index (χ2n) is 6.57. The SMILES string of the molecule is Cc1[nH]c(-c2ccccc2Oc2ccc(Oc3ccccc3)cc2)cc1C(N)=O. The minimum atomic E-state index is -0.461. The van der Waals surface area contributed by atoms with Gasteiger partial charge in [-0.3, -0.25) is 4.79 Å². The van der Waals surface area contributed by atoms with Gasteiger partial charge in [0, 0.05) is 11.3 Å². The maximum absolute atomic E-state index is 11.6. The van der Waals surface area contributed by atoms with Crippen LogP contribution in [0.5, 0.6) is 23.0 Å². The van der Waals surface area contributed by atoms with E-state index in [-0.39, 0.29) is 0 Å². The zero-order chi connectivity index (χ0) is 20.2. The van der Waals surface area contributed by atoms with Gasteiger partial charge in [-0.1, -0.05) is 30.3 Å². The number of nitrogens with two attached hydrogens (primary N) is 1. The van der Waals surface area contributed by atoms with Gasteiger partial charge in [0.1, 0.15) is 23.0 Å². The van der Waals surface area contributed by atoms with Gasteiger partial charge in [-0.15, -0.1) is 0 Å². The average Bonchev–Trinajstić information content (AvgIpc) is 3.12. The molecule has 0 aliphatic heterocycles. The molecular formula is C24H20N2O3. The Kier molecular flexibility index (Phi) is 5.03. The molecule has 0 saturated carbocycles. The Morgan fingerprint density at radius 1 is 0.793 bits per heavy atom. The first-order chi connectivity index (χ1) is 14.1. The van der Waals surface area contributed by atoms with Crippen LogP contribution < -0.4 is 15.2 Å². The average molecular weight is 384 g/mol. The van der Waals surface area contributed by atoms with Gasteiger partial charge >= 0.3 is 0 Å². The number of H-pyrrole nitrogens is 1. The lowest BCUT2D eigenvalue weighted by molar-refractivity contribution is 0.1000. The van der Waals surface area contributed by atoms with E-state index in [0.717, 1.165) is 28.5 Å². The van der Waals surface area contributed by atoms with Crippen molar-refractivity contribution in [3.8, 4) is 34.3 Å². The molecule has 0 aliphatic carbocycles. The fraction of sp³-hybridized carbons (Fsp3) is 0.0417. The minimum absolute atomic E-state index is 0.461. The first kappa shape index (κ1) is 18.4. The Hall–Kier alpha value is -3.99. The summed E-state index contributed by atoms with van der Waals surface area (Å²) in [5.41, 5.74) is 8.25. The second kappa shape index (κ2) is 7.94. The molecule has 0 saturated heterocycles. The highest BCUT2D eigenvalue weighted by atomic mass is 16.5. The van der Waals surface area contributed by atoms with E-state index in [0.29, 0.717) is 17.1 Å². The zero-order valence-electron chi connectivity index (χ0n) is 15.9. The smallest absolute Gasteiger partial charge is 0.250 e. The Morgan fingerprint density at radius 2 is 1.38 bits per heavy atom. The number of para-hydroxylation sites is 2. The van der Waals surface area contributed by atoms with Gasteiger partial charge in [0.05, 0.1) is 11.3 Å². The van der Waals surface area contributed by atoms with E-state index in [1.54, 1.807) is 6.07 Å². The number of ether oxygens (including phenoxy) is 2. The van der Waals surface area contributed by atoms with E-state index in [2.05, 4.69) is 4.98 Å². The number of carbonyl (C=O) groups excluding carboxylic acids is 1. The van der Waals surface area contributed by atoms with Crippen molar-refractivity contribution in [1.29, 1.82) is 0 Å². The van der Waals surface area contributed by atoms with Crippen molar-refractivity contribution in [1.82, 2.24) is 4.98 Å². The molecule has 5 nitrogen and oxygen atoms in total. The van der Waals surface area contributed by atoms with E-state index in [9.17, 15) is 4.79 Å². The van der Waals surface area contributed by atoms with Crippen molar-refractivity contribution in [3.63, 3.8) is 0 Å². The Bertz CT molecular complexity index is 1130. The van der Waals surface area contributed by atoms with Gasteiger partial charge in [-0.2, -0.15) is 0 Å². The number of aryl methyl sites for hydroxylation is 1. The lowest BCUT2D eigenvalue weighted by atomic mass is 10.1. The fourth-order valence-electron chi connectivity index (χ4n) is 3.06. The predicted molar refractivity (Wildman–Crippen MR) is 113 cm³/mol. The molecule has 144 valence electrons. The largest absolute Gasteiger partial charge is 0.457 e. The standard InChI is InChI=1S/C24H20N2O3/c1-16-21(24(25)27)15-22(26-16)20-9-5-6-10-23(20)29-19-13-11-18(12-14-19)28-17-7-3-2-4-8-17/h2-15,26H,1H3,(H2,25,27). The van der Waals surface area contributed by atoms with Gasteiger partial charge < -0.3 is 20.2 Å². The molecule has 29 heavy (non-hydrogen) atoms. The van der Waals surface area contributed by atoms with Crippen LogP contribution >= 0.6 is 0 Å². The summed E-state index contributed by atoms with van der Waals surface area (Å²) in [6, 6.07) is 26.4. The van der Waals surface area contributed by atoms with Crippen LogP contribution in [0.25, 0.3) is 11.3 Å². The number of aromatic amines is 1. The number of aromatic nitrogens is 1. The maximum atomic E-state index is 11.6. The van der Waals surface area contributed by atoms with Crippen LogP contribution in [-0.4, -0.2) is 10.9 Å². The molecular weight excluding hydrogens is 364 g/mol. The van der Waals surface area contributed by atoms with Crippen molar-refractivity contribution in [2.24, 2.45) is 5.73 Å². The van der Waals surface area contributed by atoms with Crippen molar-refractivity contribution in [3.05, 3.63) is 96.2 Å². The molecule has 1 amide bonds. The number of carbonyl (C=O) groups is 1. The summed E-state index contributed by atoms with van der Waals surface area (Å²) < 4.78 is 11.9. The number of benzene rings is 3. The van der Waals surface area contributed by atoms with Crippen LogP contribution in [0.2, 0.25) is 0 Å². The van der Waals surface area contributed by atoms with Gasteiger partial charge in [0.2, 0.25) is 0 Å². The van der Waals surface area contributed by atoms with Crippen molar-refractivity contribution < 1.29 is 14.3 Å². The van der Waals surface area contributed by atoms with Gasteiger partial charge in [-0.05, 0) is 61.5 Å². The minimum Gasteiger partial charge on any atom is -0.457 e. The highest BCUT2D eigenvalue weighted by Crippen LogP contribution is 2.34. The molecule has 0 radical (unpaired) electrons. The fourth-order valence-corrected chi connectivity index (χ4v) is 3.06. The summed E-state index contributed by atoms with van der Waals surface area (Å²) in [6.07, 6.45) is 0. The van der Waals surface area contributed by atoms with E-state index in [1.807, 2.05) is 85.8 Å². The molecule has 0 spiro atoms. The molecule has 3 aromatic carbocycles. The molecule has 1 heterocycles. The lowest BCUT2D eigenvalue weighted by Crippen LogP contribution is -2.10. The van der Waals surface area contributed by atoms with E-state index >= 15 is 0 Å². The van der Waals surface area contributed by atoms with Crippen LogP contribution in [0.1, 0.15) is 16.1 Å². The van der Waals surface area contributed by atoms with Gasteiger partial charge in [-0.25, -0.2) is 0 Å². The third-order valence-electron chi connectivity index (χ3n) is 4.49. The normalized spacial score (nSPS) is 10.5. The van der Waals surface area contributed by atoms with Crippen molar-refractivity contribution >= 4 is 5.91 Å². The molecule has 1 aromatic heterocycles. The predicted octanol–water partition coefficient (Wildman–Crippen LogP) is 5.67. The Balaban J connectivity index is 1.56. The van der Waals surface area contributed by atoms with Crippen molar-refractivity contribution in [2.45, 2.75) is 6.92 Å². The molecule has 3 N–H and O–H groups in total. The summed E-state index contributed by atoms with van der Waals surface area (Å²) in [5.74, 6) is 2.39. The van der Waals surface area contributed by atoms with Crippen molar-refractivity contribution in [2.75, 3.05) is 0 Å². The monoisotopic (exact) mass is 384 g/mol. The van der Waals surface area contributed by atoms with Crippen LogP contribution in [-0.2, 0) is 0 Å². The lowest BCUT2D eigenvalue weighted by Gasteiger charge is -2.11. The van der Waals surface area contributed by atoms with Gasteiger partial charge in [0.25, 0.3) is 5.91 Å². The molecule has 0 aliphatic rings. The Morgan fingerprint density at radius 3 is 2.03 bits per heavy atom. The molecule has 0 unspecified atom stereocenters. The molecule has 0 bridgehead atoms. The highest BCUT2D eigenvalue weighted by Gasteiger charge is 2.14.